The van der Waals surface area contributed by atoms with Crippen LogP contribution < -0.4 is 10.5 Å². The van der Waals surface area contributed by atoms with Crippen LogP contribution in [0.25, 0.3) is 0 Å². The lowest BCUT2D eigenvalue weighted by molar-refractivity contribution is -0.158. The topological polar surface area (TPSA) is 136 Å². The molecular formula is C19H27N3O6S. The second kappa shape index (κ2) is 9.36. The van der Waals surface area contributed by atoms with E-state index in [1.165, 1.54) is 19.1 Å². The first-order chi connectivity index (χ1) is 13.5. The van der Waals surface area contributed by atoms with Crippen LogP contribution in [-0.4, -0.2) is 56.3 Å². The number of carbonyl (C=O) groups is 3. The zero-order valence-corrected chi connectivity index (χ0v) is 17.6. The normalized spacial score (nSPS) is 18.0. The van der Waals surface area contributed by atoms with E-state index in [4.69, 9.17) is 9.88 Å². The van der Waals surface area contributed by atoms with Crippen molar-refractivity contribution in [2.24, 2.45) is 11.1 Å². The van der Waals surface area contributed by atoms with Crippen molar-refractivity contribution >= 4 is 27.8 Å². The minimum absolute atomic E-state index is 0.0139. The Morgan fingerprint density at radius 3 is 2.38 bits per heavy atom. The zero-order valence-electron chi connectivity index (χ0n) is 16.8. The van der Waals surface area contributed by atoms with Crippen LogP contribution in [0.15, 0.2) is 29.2 Å². The Labute approximate surface area is 170 Å². The van der Waals surface area contributed by atoms with Crippen molar-refractivity contribution in [1.82, 2.24) is 10.2 Å². The molecule has 2 unspecified atom stereocenters. The lowest BCUT2D eigenvalue weighted by atomic mass is 10.1. The van der Waals surface area contributed by atoms with Crippen LogP contribution in [0.3, 0.4) is 0 Å². The van der Waals surface area contributed by atoms with E-state index in [0.717, 1.165) is 5.56 Å². The van der Waals surface area contributed by atoms with E-state index >= 15 is 0 Å². The number of carbonyl (C=O) groups excluding carboxylic acids is 3. The third-order valence-corrected chi connectivity index (χ3v) is 5.67. The van der Waals surface area contributed by atoms with Gasteiger partial charge in [-0.05, 0) is 44.9 Å². The van der Waals surface area contributed by atoms with Gasteiger partial charge < -0.3 is 15.0 Å². The molecule has 2 atom stereocenters. The molecule has 1 aromatic carbocycles. The first-order valence-corrected chi connectivity index (χ1v) is 10.9. The Morgan fingerprint density at radius 1 is 1.24 bits per heavy atom. The van der Waals surface area contributed by atoms with Gasteiger partial charge in [-0.1, -0.05) is 12.1 Å². The minimum Gasteiger partial charge on any atom is -0.452 e. The van der Waals surface area contributed by atoms with E-state index in [-0.39, 0.29) is 23.3 Å². The number of nitrogens with two attached hydrogens (primary N) is 1. The third-order valence-electron chi connectivity index (χ3n) is 4.74. The number of nitrogens with one attached hydrogen (secondary N) is 1. The number of nitrogens with zero attached hydrogens (tertiary/aromatic N) is 1. The molecule has 2 rings (SSSR count). The van der Waals surface area contributed by atoms with Crippen LogP contribution in [-0.2, 0) is 35.6 Å². The molecule has 29 heavy (non-hydrogen) atoms. The molecular weight excluding hydrogens is 398 g/mol. The molecule has 9 nitrogen and oxygen atoms in total. The van der Waals surface area contributed by atoms with Crippen molar-refractivity contribution in [3.05, 3.63) is 29.8 Å². The number of sulfonamides is 1. The number of ether oxygens (including phenoxy) is 1. The highest BCUT2D eigenvalue weighted by Gasteiger charge is 2.37. The molecule has 0 radical (unpaired) electrons. The average Bonchev–Trinajstić information content (AvgIpc) is 3.03. The van der Waals surface area contributed by atoms with Crippen LogP contribution >= 0.6 is 0 Å². The van der Waals surface area contributed by atoms with E-state index < -0.39 is 33.9 Å². The smallest absolute Gasteiger partial charge is 0.312 e. The fraction of sp³-hybridized carbons (Fsp3) is 0.526. The molecule has 1 aromatic rings. The highest BCUT2D eigenvalue weighted by atomic mass is 32.2. The molecule has 3 N–H and O–H groups in total. The van der Waals surface area contributed by atoms with Gasteiger partial charge in [0.15, 0.2) is 6.10 Å². The van der Waals surface area contributed by atoms with Gasteiger partial charge in [-0.25, -0.2) is 13.6 Å². The summed E-state index contributed by atoms with van der Waals surface area (Å²) in [4.78, 5) is 37.9. The number of likely N-dealkylation sites (tertiary alicyclic amines) is 1. The minimum atomic E-state index is -3.74. The molecule has 0 spiro atoms. The quantitative estimate of drug-likeness (QED) is 0.570. The van der Waals surface area contributed by atoms with Gasteiger partial charge in [0.2, 0.25) is 15.9 Å². The Balaban J connectivity index is 1.78. The lowest BCUT2D eigenvalue weighted by Crippen LogP contribution is -2.38. The van der Waals surface area contributed by atoms with Crippen molar-refractivity contribution in [3.8, 4) is 0 Å². The van der Waals surface area contributed by atoms with Crippen LogP contribution in [0.1, 0.15) is 32.8 Å². The first-order valence-electron chi connectivity index (χ1n) is 9.38. The molecule has 1 fully saturated rings. The van der Waals surface area contributed by atoms with Gasteiger partial charge in [0.25, 0.3) is 5.91 Å². The van der Waals surface area contributed by atoms with Gasteiger partial charge in [-0.2, -0.15) is 0 Å². The third kappa shape index (κ3) is 6.26. The molecule has 0 bridgehead atoms. The van der Waals surface area contributed by atoms with Gasteiger partial charge >= 0.3 is 5.97 Å². The van der Waals surface area contributed by atoms with E-state index in [1.54, 1.807) is 17.0 Å². The van der Waals surface area contributed by atoms with Gasteiger partial charge in [0, 0.05) is 25.6 Å². The molecule has 10 heteroatoms. The van der Waals surface area contributed by atoms with Gasteiger partial charge in [0.05, 0.1) is 10.8 Å². The number of esters is 1. The fourth-order valence-corrected chi connectivity index (χ4v) is 3.55. The second-order valence-electron chi connectivity index (χ2n) is 7.35. The predicted molar refractivity (Wildman–Crippen MR) is 105 cm³/mol. The molecule has 1 saturated heterocycles. The van der Waals surface area contributed by atoms with Crippen molar-refractivity contribution in [1.29, 1.82) is 0 Å². The number of benzene rings is 1. The van der Waals surface area contributed by atoms with Crippen molar-refractivity contribution in [3.63, 3.8) is 0 Å². The number of hydrogen-bond donors (Lipinski definition) is 2. The Morgan fingerprint density at radius 2 is 1.86 bits per heavy atom. The van der Waals surface area contributed by atoms with Crippen LogP contribution in [0.2, 0.25) is 0 Å². The number of hydrogen-bond acceptors (Lipinski definition) is 6. The maximum atomic E-state index is 12.2. The van der Waals surface area contributed by atoms with E-state index in [2.05, 4.69) is 5.32 Å². The van der Waals surface area contributed by atoms with Gasteiger partial charge in [0.1, 0.15) is 0 Å². The van der Waals surface area contributed by atoms with Crippen LogP contribution in [0.5, 0.6) is 0 Å². The fourth-order valence-electron chi connectivity index (χ4n) is 3.03. The Bertz CT molecular complexity index is 866. The summed E-state index contributed by atoms with van der Waals surface area (Å²) < 4.78 is 27.7. The maximum Gasteiger partial charge on any atom is 0.312 e. The van der Waals surface area contributed by atoms with Crippen molar-refractivity contribution in [2.75, 3.05) is 13.1 Å². The molecule has 0 aliphatic carbocycles. The van der Waals surface area contributed by atoms with Crippen LogP contribution in [0, 0.1) is 5.92 Å². The van der Waals surface area contributed by atoms with Gasteiger partial charge in [-0.3, -0.25) is 14.4 Å². The summed E-state index contributed by atoms with van der Waals surface area (Å²) >= 11 is 0. The summed E-state index contributed by atoms with van der Waals surface area (Å²) in [6, 6.07) is 6.06. The molecule has 160 valence electrons. The largest absolute Gasteiger partial charge is 0.452 e. The Kier molecular flexibility index (Phi) is 7.37. The number of amides is 2. The summed E-state index contributed by atoms with van der Waals surface area (Å²) in [5, 5.41) is 7.72. The van der Waals surface area contributed by atoms with E-state index in [9.17, 15) is 22.8 Å². The SMILES string of the molecule is CC(OC(=O)C1CC(=O)N(C(C)C)C1)C(=O)NCCc1ccc(S(N)(=O)=O)cc1. The highest BCUT2D eigenvalue weighted by Crippen LogP contribution is 2.21. The molecule has 2 amide bonds. The predicted octanol–water partition coefficient (Wildman–Crippen LogP) is 0.181. The van der Waals surface area contributed by atoms with Crippen molar-refractivity contribution < 1.29 is 27.5 Å². The lowest BCUT2D eigenvalue weighted by Gasteiger charge is -2.21. The molecule has 1 aliphatic rings. The number of primary sulfonamides is 1. The molecule has 1 aliphatic heterocycles. The van der Waals surface area contributed by atoms with Crippen molar-refractivity contribution in [2.45, 2.75) is 50.7 Å². The summed E-state index contributed by atoms with van der Waals surface area (Å²) in [7, 11) is -3.74. The maximum absolute atomic E-state index is 12.2. The first kappa shape index (κ1) is 22.8. The monoisotopic (exact) mass is 425 g/mol. The Hall–Kier alpha value is -2.46. The van der Waals surface area contributed by atoms with Gasteiger partial charge in [-0.15, -0.1) is 0 Å². The second-order valence-corrected chi connectivity index (χ2v) is 8.91. The van der Waals surface area contributed by atoms with E-state index in [0.29, 0.717) is 19.5 Å². The summed E-state index contributed by atoms with van der Waals surface area (Å²) in [5.74, 6) is -1.64. The molecule has 0 saturated carbocycles. The summed E-state index contributed by atoms with van der Waals surface area (Å²) in [6.07, 6.45) is -0.409. The average molecular weight is 426 g/mol. The molecule has 1 heterocycles. The van der Waals surface area contributed by atoms with E-state index in [1.807, 2.05) is 13.8 Å². The zero-order chi connectivity index (χ0) is 21.8. The summed E-state index contributed by atoms with van der Waals surface area (Å²) in [6.45, 7) is 5.83. The number of rotatable bonds is 8. The molecule has 0 aromatic heterocycles. The highest BCUT2D eigenvalue weighted by molar-refractivity contribution is 7.89. The standard InChI is InChI=1S/C19H27N3O6S/c1-12(2)22-11-15(10-17(22)23)19(25)28-13(3)18(24)21-9-8-14-4-6-16(7-5-14)29(20,26)27/h4-7,12-13,15H,8-11H2,1-3H3,(H,21,24)(H2,20,26,27). The van der Waals surface area contributed by atoms with Crippen LogP contribution in [0.4, 0.5) is 0 Å². The summed E-state index contributed by atoms with van der Waals surface area (Å²) in [5.41, 5.74) is 0.820.